The number of rotatable bonds is 0. The van der Waals surface area contributed by atoms with Crippen LogP contribution in [0.3, 0.4) is 0 Å². The van der Waals surface area contributed by atoms with Crippen molar-refractivity contribution in [3.8, 4) is 0 Å². The van der Waals surface area contributed by atoms with Crippen molar-refractivity contribution in [2.45, 2.75) is 43.9 Å². The minimum absolute atomic E-state index is 0.400. The Morgan fingerprint density at radius 1 is 0.882 bits per heavy atom. The van der Waals surface area contributed by atoms with Gasteiger partial charge in [-0.05, 0) is 41.5 Å². The van der Waals surface area contributed by atoms with Crippen LogP contribution in [0.25, 0.3) is 5.57 Å². The fraction of sp³-hybridized carbons (Fsp3) is 0.412. The zero-order valence-corrected chi connectivity index (χ0v) is 10.2. The Morgan fingerprint density at radius 3 is 2.59 bits per heavy atom. The van der Waals surface area contributed by atoms with Gasteiger partial charge in [0.15, 0.2) is 0 Å². The largest absolute Gasteiger partial charge is 0.0760 e. The van der Waals surface area contributed by atoms with E-state index in [1.54, 1.807) is 16.7 Å². The second-order valence-electron chi connectivity index (χ2n) is 5.66. The average Bonchev–Trinajstić information content (AvgIpc) is 2.96. The number of allylic oxidation sites excluding steroid dienone is 4. The van der Waals surface area contributed by atoms with Gasteiger partial charge in [0.05, 0.1) is 0 Å². The molecule has 1 aromatic rings. The van der Waals surface area contributed by atoms with Crippen molar-refractivity contribution in [3.63, 3.8) is 0 Å². The third kappa shape index (κ3) is 1.14. The van der Waals surface area contributed by atoms with Gasteiger partial charge in [0.25, 0.3) is 0 Å². The van der Waals surface area contributed by atoms with Crippen LogP contribution in [0.5, 0.6) is 0 Å². The lowest BCUT2D eigenvalue weighted by molar-refractivity contribution is 0.353. The van der Waals surface area contributed by atoms with Crippen LogP contribution < -0.4 is 0 Å². The molecule has 1 fully saturated rings. The molecule has 0 bridgehead atoms. The molecule has 17 heavy (non-hydrogen) atoms. The van der Waals surface area contributed by atoms with Crippen molar-refractivity contribution in [3.05, 3.63) is 53.1 Å². The normalized spacial score (nSPS) is 24.2. The standard InChI is InChI=1S/C17H18/c1-4-11-17(12-5-1)15-9-3-2-7-13(15)14-8-6-10-16(14)17/h2-3,7-10H,1,4-6,11-12H2. The van der Waals surface area contributed by atoms with Gasteiger partial charge in [-0.25, -0.2) is 0 Å². The first kappa shape index (κ1) is 9.70. The van der Waals surface area contributed by atoms with Gasteiger partial charge in [-0.1, -0.05) is 55.7 Å². The first-order chi connectivity index (χ1) is 8.42. The zero-order valence-electron chi connectivity index (χ0n) is 10.2. The summed E-state index contributed by atoms with van der Waals surface area (Å²) in [4.78, 5) is 0. The maximum Gasteiger partial charge on any atom is 0.0212 e. The Balaban J connectivity index is 1.98. The quantitative estimate of drug-likeness (QED) is 0.601. The third-order valence-corrected chi connectivity index (χ3v) is 4.89. The van der Waals surface area contributed by atoms with E-state index in [0.717, 1.165) is 6.42 Å². The zero-order chi connectivity index (χ0) is 11.3. The van der Waals surface area contributed by atoms with Gasteiger partial charge in [-0.15, -0.1) is 0 Å². The van der Waals surface area contributed by atoms with Crippen molar-refractivity contribution < 1.29 is 0 Å². The van der Waals surface area contributed by atoms with Gasteiger partial charge in [-0.3, -0.25) is 0 Å². The Morgan fingerprint density at radius 2 is 1.71 bits per heavy atom. The van der Waals surface area contributed by atoms with Gasteiger partial charge in [0.2, 0.25) is 0 Å². The van der Waals surface area contributed by atoms with E-state index in [1.807, 2.05) is 0 Å². The summed E-state index contributed by atoms with van der Waals surface area (Å²) < 4.78 is 0. The van der Waals surface area contributed by atoms with E-state index in [-0.39, 0.29) is 0 Å². The predicted octanol–water partition coefficient (Wildman–Crippen LogP) is 4.62. The van der Waals surface area contributed by atoms with Crippen LogP contribution in [-0.4, -0.2) is 0 Å². The smallest absolute Gasteiger partial charge is 0.0212 e. The fourth-order valence-electron chi connectivity index (χ4n) is 4.20. The maximum absolute atomic E-state index is 2.49. The molecule has 0 heterocycles. The molecule has 3 aliphatic carbocycles. The third-order valence-electron chi connectivity index (χ3n) is 4.89. The minimum Gasteiger partial charge on any atom is -0.0760 e. The van der Waals surface area contributed by atoms with E-state index >= 15 is 0 Å². The second kappa shape index (κ2) is 3.35. The Hall–Kier alpha value is -1.30. The van der Waals surface area contributed by atoms with E-state index in [1.165, 1.54) is 37.7 Å². The molecule has 1 spiro atoms. The topological polar surface area (TPSA) is 0 Å². The molecule has 1 saturated carbocycles. The lowest BCUT2D eigenvalue weighted by Gasteiger charge is -2.35. The van der Waals surface area contributed by atoms with Crippen LogP contribution >= 0.6 is 0 Å². The molecular formula is C17H18. The van der Waals surface area contributed by atoms with E-state index in [2.05, 4.69) is 36.4 Å². The van der Waals surface area contributed by atoms with E-state index in [9.17, 15) is 0 Å². The second-order valence-corrected chi connectivity index (χ2v) is 5.66. The highest BCUT2D eigenvalue weighted by molar-refractivity contribution is 5.91. The molecule has 0 radical (unpaired) electrons. The molecule has 0 atom stereocenters. The minimum atomic E-state index is 0.400. The van der Waals surface area contributed by atoms with Gasteiger partial charge in [-0.2, -0.15) is 0 Å². The molecule has 0 heteroatoms. The number of hydrogen-bond donors (Lipinski definition) is 0. The summed E-state index contributed by atoms with van der Waals surface area (Å²) in [5, 5.41) is 0. The molecule has 0 aliphatic heterocycles. The average molecular weight is 222 g/mol. The molecule has 0 amide bonds. The summed E-state index contributed by atoms with van der Waals surface area (Å²) in [6.07, 6.45) is 13.0. The fourth-order valence-corrected chi connectivity index (χ4v) is 4.20. The van der Waals surface area contributed by atoms with Crippen molar-refractivity contribution in [1.82, 2.24) is 0 Å². The summed E-state index contributed by atoms with van der Waals surface area (Å²) in [7, 11) is 0. The Kier molecular flexibility index (Phi) is 1.91. The lowest BCUT2D eigenvalue weighted by atomic mass is 9.68. The molecule has 86 valence electrons. The summed E-state index contributed by atoms with van der Waals surface area (Å²) in [5.41, 5.74) is 6.77. The maximum atomic E-state index is 2.49. The molecule has 1 aromatic carbocycles. The van der Waals surface area contributed by atoms with Crippen LogP contribution in [0, 0.1) is 0 Å². The van der Waals surface area contributed by atoms with Crippen molar-refractivity contribution in [2.24, 2.45) is 0 Å². The molecule has 0 N–H and O–H groups in total. The number of hydrogen-bond acceptors (Lipinski definition) is 0. The van der Waals surface area contributed by atoms with Gasteiger partial charge < -0.3 is 0 Å². The Bertz CT molecular complexity index is 525. The van der Waals surface area contributed by atoms with Crippen LogP contribution in [0.4, 0.5) is 0 Å². The molecule has 0 unspecified atom stereocenters. The summed E-state index contributed by atoms with van der Waals surface area (Å²) in [5.74, 6) is 0. The first-order valence-corrected chi connectivity index (χ1v) is 6.93. The van der Waals surface area contributed by atoms with Crippen LogP contribution in [-0.2, 0) is 5.41 Å². The summed E-state index contributed by atoms with van der Waals surface area (Å²) >= 11 is 0. The summed E-state index contributed by atoms with van der Waals surface area (Å²) in [6, 6.07) is 9.11. The lowest BCUT2D eigenvalue weighted by Crippen LogP contribution is -2.27. The highest BCUT2D eigenvalue weighted by Crippen LogP contribution is 2.58. The predicted molar refractivity (Wildman–Crippen MR) is 71.9 cm³/mol. The van der Waals surface area contributed by atoms with Gasteiger partial charge >= 0.3 is 0 Å². The molecule has 3 aliphatic rings. The molecule has 4 rings (SSSR count). The highest BCUT2D eigenvalue weighted by atomic mass is 14.5. The number of fused-ring (bicyclic) bond motifs is 5. The van der Waals surface area contributed by atoms with Crippen molar-refractivity contribution >= 4 is 5.57 Å². The van der Waals surface area contributed by atoms with Crippen LogP contribution in [0.2, 0.25) is 0 Å². The number of benzene rings is 1. The molecule has 0 aromatic heterocycles. The van der Waals surface area contributed by atoms with Crippen molar-refractivity contribution in [1.29, 1.82) is 0 Å². The van der Waals surface area contributed by atoms with Crippen LogP contribution in [0.1, 0.15) is 49.7 Å². The van der Waals surface area contributed by atoms with Gasteiger partial charge in [0, 0.05) is 5.41 Å². The molecule has 0 saturated heterocycles. The molecular weight excluding hydrogens is 204 g/mol. The van der Waals surface area contributed by atoms with Gasteiger partial charge in [0.1, 0.15) is 0 Å². The van der Waals surface area contributed by atoms with E-state index < -0.39 is 0 Å². The SMILES string of the molecule is C1=C2C(=CC1)C1(CCCCC1)c1ccccc12. The van der Waals surface area contributed by atoms with Crippen molar-refractivity contribution in [2.75, 3.05) is 0 Å². The van der Waals surface area contributed by atoms with E-state index in [0.29, 0.717) is 5.41 Å². The first-order valence-electron chi connectivity index (χ1n) is 6.93. The Labute approximate surface area is 103 Å². The van der Waals surface area contributed by atoms with Crippen LogP contribution in [0.15, 0.2) is 42.0 Å². The monoisotopic (exact) mass is 222 g/mol. The highest BCUT2D eigenvalue weighted by Gasteiger charge is 2.46. The summed E-state index contributed by atoms with van der Waals surface area (Å²) in [6.45, 7) is 0. The molecule has 0 nitrogen and oxygen atoms in total. The van der Waals surface area contributed by atoms with E-state index in [4.69, 9.17) is 0 Å².